The van der Waals surface area contributed by atoms with E-state index in [0.717, 1.165) is 32.1 Å². The van der Waals surface area contributed by atoms with E-state index < -0.39 is 45.6 Å². The number of fused-ring (bicyclic) bond motifs is 3. The van der Waals surface area contributed by atoms with Gasteiger partial charge in [-0.15, -0.1) is 0 Å². The van der Waals surface area contributed by atoms with Gasteiger partial charge in [0.25, 0.3) is 0 Å². The van der Waals surface area contributed by atoms with Gasteiger partial charge in [0.15, 0.2) is 0 Å². The van der Waals surface area contributed by atoms with Crippen molar-refractivity contribution in [2.24, 2.45) is 29.6 Å². The number of hydrogen-bond acceptors (Lipinski definition) is 10. The lowest BCUT2D eigenvalue weighted by molar-refractivity contribution is -0.188. The van der Waals surface area contributed by atoms with Gasteiger partial charge in [0.05, 0.1) is 24.2 Å². The van der Waals surface area contributed by atoms with Gasteiger partial charge >= 0.3 is 33.3 Å². The van der Waals surface area contributed by atoms with Crippen molar-refractivity contribution in [2.75, 3.05) is 19.8 Å². The fourth-order valence-corrected chi connectivity index (χ4v) is 7.87. The van der Waals surface area contributed by atoms with E-state index in [0.29, 0.717) is 25.2 Å². The Morgan fingerprint density at radius 3 is 2.62 bits per heavy atom. The Morgan fingerprint density at radius 2 is 1.90 bits per heavy atom. The van der Waals surface area contributed by atoms with Crippen molar-refractivity contribution >= 4 is 28.0 Å². The average Bonchev–Trinajstić information content (AvgIpc) is 3.49. The van der Waals surface area contributed by atoms with Crippen molar-refractivity contribution in [3.8, 4) is 0 Å². The molecule has 0 radical (unpaired) electrons. The number of esters is 3. The maximum Gasteiger partial charge on any atom is 0.465 e. The van der Waals surface area contributed by atoms with Gasteiger partial charge in [0, 0.05) is 18.3 Å². The molecule has 9 atom stereocenters. The first-order chi connectivity index (χ1) is 18.3. The molecule has 0 aromatic carbocycles. The summed E-state index contributed by atoms with van der Waals surface area (Å²) < 4.78 is 84.0. The Balaban J connectivity index is 1.13. The average molecular weight is 581 g/mol. The van der Waals surface area contributed by atoms with Crippen molar-refractivity contribution in [2.45, 2.75) is 87.5 Å². The highest BCUT2D eigenvalue weighted by molar-refractivity contribution is 7.87. The molecule has 11 nitrogen and oxygen atoms in total. The first-order valence-electron chi connectivity index (χ1n) is 13.5. The largest absolute Gasteiger partial charge is 0.465 e. The molecule has 0 amide bonds. The summed E-state index contributed by atoms with van der Waals surface area (Å²) in [5, 5.41) is -5.06. The zero-order valence-corrected chi connectivity index (χ0v) is 22.4. The van der Waals surface area contributed by atoms with E-state index in [1.165, 1.54) is 0 Å². The van der Waals surface area contributed by atoms with Crippen LogP contribution in [0.4, 0.5) is 8.78 Å². The summed E-state index contributed by atoms with van der Waals surface area (Å²) in [6.07, 6.45) is 4.85. The lowest BCUT2D eigenvalue weighted by Gasteiger charge is -2.50. The minimum absolute atomic E-state index is 0.0721. The third-order valence-corrected chi connectivity index (χ3v) is 9.99. The molecule has 1 saturated heterocycles. The first-order valence-corrected chi connectivity index (χ1v) is 14.9. The van der Waals surface area contributed by atoms with E-state index in [1.54, 1.807) is 0 Å². The molecule has 4 saturated carbocycles. The molecule has 14 heteroatoms. The van der Waals surface area contributed by atoms with Crippen LogP contribution in [0.3, 0.4) is 0 Å². The highest BCUT2D eigenvalue weighted by Crippen LogP contribution is 2.55. The summed E-state index contributed by atoms with van der Waals surface area (Å²) in [6.45, 7) is 0.963. The molecule has 5 aliphatic rings. The van der Waals surface area contributed by atoms with Crippen LogP contribution in [0.25, 0.3) is 0 Å². The molecule has 1 heterocycles. The molecule has 220 valence electrons. The quantitative estimate of drug-likeness (QED) is 0.166. The van der Waals surface area contributed by atoms with E-state index in [1.807, 2.05) is 0 Å². The van der Waals surface area contributed by atoms with E-state index in [2.05, 4.69) is 11.7 Å². The molecule has 5 fully saturated rings. The number of halogens is 2. The predicted molar refractivity (Wildman–Crippen MR) is 126 cm³/mol. The molecule has 0 spiro atoms. The third kappa shape index (κ3) is 5.53. The number of carbonyl (C=O) groups excluding carboxylic acids is 3. The highest BCUT2D eigenvalue weighted by atomic mass is 32.2. The van der Waals surface area contributed by atoms with Crippen LogP contribution in [0.15, 0.2) is 0 Å². The van der Waals surface area contributed by atoms with Gasteiger partial charge < -0.3 is 23.7 Å². The fourth-order valence-electron chi connectivity index (χ4n) is 7.61. The highest BCUT2D eigenvalue weighted by Gasteiger charge is 2.63. The van der Waals surface area contributed by atoms with Gasteiger partial charge in [-0.1, -0.05) is 13.3 Å². The standard InChI is InChI=1S/C25H34F2O11S/c1-2-13-5-14-6-16(34-3-4-35-23(30)25(26,27)39(31,32)33)11-24(9-13,10-14)36-12-19(28)37-20-15-7-17-18(8-15)22(29)38-21(17)20/h13-18,20-21H,2-12H2,1H3,(H,31,32,33). The van der Waals surface area contributed by atoms with Gasteiger partial charge in [-0.2, -0.15) is 17.2 Å². The molecule has 0 aromatic rings. The van der Waals surface area contributed by atoms with Crippen LogP contribution in [0.5, 0.6) is 0 Å². The van der Waals surface area contributed by atoms with Crippen LogP contribution in [0.1, 0.15) is 58.3 Å². The molecule has 4 aliphatic carbocycles. The lowest BCUT2D eigenvalue weighted by atomic mass is 9.64. The topological polar surface area (TPSA) is 152 Å². The molecule has 1 aliphatic heterocycles. The molecule has 9 unspecified atom stereocenters. The molecular weight excluding hydrogens is 546 g/mol. The summed E-state index contributed by atoms with van der Waals surface area (Å²) in [7, 11) is -5.94. The van der Waals surface area contributed by atoms with Crippen molar-refractivity contribution in [3.63, 3.8) is 0 Å². The Morgan fingerprint density at radius 1 is 1.13 bits per heavy atom. The van der Waals surface area contributed by atoms with Crippen LogP contribution in [-0.2, 0) is 48.2 Å². The number of carbonyl (C=O) groups is 3. The maximum absolute atomic E-state index is 13.3. The van der Waals surface area contributed by atoms with E-state index in [-0.39, 0.29) is 55.1 Å². The second-order valence-electron chi connectivity index (χ2n) is 11.7. The van der Waals surface area contributed by atoms with Gasteiger partial charge in [-0.05, 0) is 50.4 Å². The van der Waals surface area contributed by atoms with Crippen molar-refractivity contribution in [1.29, 1.82) is 0 Å². The number of alkyl halides is 2. The maximum atomic E-state index is 13.3. The van der Waals surface area contributed by atoms with Crippen LogP contribution < -0.4 is 0 Å². The first kappa shape index (κ1) is 28.6. The number of rotatable bonds is 11. The monoisotopic (exact) mass is 580 g/mol. The van der Waals surface area contributed by atoms with Crippen LogP contribution in [0, 0.1) is 29.6 Å². The second kappa shape index (κ2) is 10.5. The zero-order valence-electron chi connectivity index (χ0n) is 21.6. The minimum Gasteiger partial charge on any atom is -0.458 e. The normalized spacial score (nSPS) is 38.9. The molecule has 4 bridgehead atoms. The molecular formula is C25H34F2O11S. The smallest absolute Gasteiger partial charge is 0.458 e. The summed E-state index contributed by atoms with van der Waals surface area (Å²) in [5.74, 6) is -2.25. The lowest BCUT2D eigenvalue weighted by Crippen LogP contribution is -2.50. The predicted octanol–water partition coefficient (Wildman–Crippen LogP) is 2.26. The van der Waals surface area contributed by atoms with E-state index in [9.17, 15) is 31.6 Å². The van der Waals surface area contributed by atoms with Crippen molar-refractivity contribution in [3.05, 3.63) is 0 Å². The minimum atomic E-state index is -5.94. The summed E-state index contributed by atoms with van der Waals surface area (Å²) in [4.78, 5) is 36.1. The second-order valence-corrected chi connectivity index (χ2v) is 13.1. The van der Waals surface area contributed by atoms with Crippen LogP contribution in [-0.4, -0.2) is 79.9 Å². The third-order valence-electron chi connectivity index (χ3n) is 9.17. The summed E-state index contributed by atoms with van der Waals surface area (Å²) in [5.41, 5.74) is -0.639. The zero-order chi connectivity index (χ0) is 28.2. The Kier molecular flexibility index (Phi) is 7.70. The van der Waals surface area contributed by atoms with Crippen LogP contribution in [0.2, 0.25) is 0 Å². The SMILES string of the molecule is CCC1CC2CC(OCCOC(=O)C(F)(F)S(=O)(=O)O)CC(OCC(=O)OC3C4CC5C(=O)OC3C5C4)(C1)C2. The van der Waals surface area contributed by atoms with Crippen molar-refractivity contribution in [1.82, 2.24) is 0 Å². The summed E-state index contributed by atoms with van der Waals surface area (Å²) >= 11 is 0. The number of hydrogen-bond donors (Lipinski definition) is 1. The molecule has 5 rings (SSSR count). The Bertz CT molecular complexity index is 1100. The molecule has 0 aromatic heterocycles. The van der Waals surface area contributed by atoms with Gasteiger partial charge in [0.2, 0.25) is 0 Å². The fraction of sp³-hybridized carbons (Fsp3) is 0.880. The van der Waals surface area contributed by atoms with E-state index >= 15 is 0 Å². The Labute approximate surface area is 224 Å². The van der Waals surface area contributed by atoms with Gasteiger partial charge in [0.1, 0.15) is 25.4 Å². The number of ether oxygens (including phenoxy) is 5. The van der Waals surface area contributed by atoms with Gasteiger partial charge in [-0.25, -0.2) is 9.59 Å². The molecule has 1 N–H and O–H groups in total. The van der Waals surface area contributed by atoms with Crippen molar-refractivity contribution < 1.29 is 59.8 Å². The molecule has 39 heavy (non-hydrogen) atoms. The van der Waals surface area contributed by atoms with Gasteiger partial charge in [-0.3, -0.25) is 9.35 Å². The van der Waals surface area contributed by atoms with E-state index in [4.69, 9.17) is 23.5 Å². The summed E-state index contributed by atoms with van der Waals surface area (Å²) in [6, 6.07) is 0. The Hall–Kier alpha value is -1.90. The van der Waals surface area contributed by atoms with Crippen LogP contribution >= 0.6 is 0 Å².